The summed E-state index contributed by atoms with van der Waals surface area (Å²) in [5.74, 6) is 0.953. The van der Waals surface area contributed by atoms with Gasteiger partial charge in [0.1, 0.15) is 0 Å². The molecule has 0 amide bonds. The van der Waals surface area contributed by atoms with Crippen LogP contribution in [0.5, 0.6) is 0 Å². The quantitative estimate of drug-likeness (QED) is 0.338. The smallest absolute Gasteiger partial charge is 0.00369 e. The van der Waals surface area contributed by atoms with Crippen LogP contribution >= 0.6 is 12.6 Å². The van der Waals surface area contributed by atoms with Crippen LogP contribution in [0.4, 0.5) is 0 Å². The molecule has 0 saturated carbocycles. The predicted octanol–water partition coefficient (Wildman–Crippen LogP) is 6.91. The minimum Gasteiger partial charge on any atom is -0.0942 e. The van der Waals surface area contributed by atoms with Gasteiger partial charge in [0.05, 0.1) is 0 Å². The van der Waals surface area contributed by atoms with E-state index >= 15 is 0 Å². The zero-order valence-electron chi connectivity index (χ0n) is 13.1. The number of unbranched alkanes of at least 4 members (excludes halogenated alkanes) is 10. The lowest BCUT2D eigenvalue weighted by Gasteiger charge is -2.17. The van der Waals surface area contributed by atoms with Gasteiger partial charge in [-0.1, -0.05) is 97.6 Å². The largest absolute Gasteiger partial charge is 0.0942 e. The second-order valence-electron chi connectivity index (χ2n) is 6.90. The van der Waals surface area contributed by atoms with Gasteiger partial charge in [-0.15, -0.1) is 0 Å². The van der Waals surface area contributed by atoms with E-state index in [2.05, 4.69) is 20.8 Å². The second-order valence-corrected chi connectivity index (χ2v) is 7.31. The molecule has 0 nitrogen and oxygen atoms in total. The minimum atomic E-state index is 0.533. The number of hydrogen-bond acceptors (Lipinski definition) is 0. The van der Waals surface area contributed by atoms with Crippen molar-refractivity contribution in [2.45, 2.75) is 97.8 Å². The summed E-state index contributed by atoms with van der Waals surface area (Å²) >= 11 is 4.94. The maximum absolute atomic E-state index is 4.94. The van der Waals surface area contributed by atoms with Gasteiger partial charge in [0.2, 0.25) is 0 Å². The molecule has 0 spiro atoms. The van der Waals surface area contributed by atoms with E-state index in [0.29, 0.717) is 5.41 Å². The Morgan fingerprint density at radius 2 is 0.889 bits per heavy atom. The Hall–Kier alpha value is 0.350. The first-order chi connectivity index (χ1) is 8.56. The average Bonchev–Trinajstić information content (AvgIpc) is 2.29. The molecule has 0 atom stereocenters. The van der Waals surface area contributed by atoms with Gasteiger partial charge in [-0.2, -0.15) is 0 Å². The first-order valence-corrected chi connectivity index (χ1v) is 8.72. The van der Waals surface area contributed by atoms with Crippen molar-refractivity contribution in [3.8, 4) is 0 Å². The summed E-state index contributed by atoms with van der Waals surface area (Å²) in [5, 5.41) is 0. The monoisotopic (exact) mass is 271 g/mol. The van der Waals surface area contributed by atoms with Crippen LogP contribution in [0.25, 0.3) is 0 Å². The van der Waals surface area contributed by atoms with Crippen LogP contribution in [0.15, 0.2) is 0 Å². The molecule has 0 fully saturated rings. The molecule has 0 aliphatic rings. The van der Waals surface area contributed by atoms with Crippen LogP contribution in [0.2, 0.25) is 0 Å². The van der Waals surface area contributed by atoms with Gasteiger partial charge in [0.25, 0.3) is 0 Å². The Labute approximate surface area is 122 Å². The van der Waals surface area contributed by atoms with E-state index in [1.165, 1.54) is 77.0 Å². The fraction of sp³-hybridized carbons (Fsp3) is 1.00. The molecule has 0 aliphatic carbocycles. The molecule has 0 aliphatic heterocycles. The van der Waals surface area contributed by atoms with Crippen LogP contribution in [-0.4, -0.2) is 5.75 Å². The second kappa shape index (κ2) is 12.4. The van der Waals surface area contributed by atoms with Crippen LogP contribution in [-0.2, 0) is 0 Å². The highest BCUT2D eigenvalue weighted by Crippen LogP contribution is 2.22. The lowest BCUT2D eigenvalue weighted by atomic mass is 9.89. The van der Waals surface area contributed by atoms with E-state index in [4.69, 9.17) is 12.6 Å². The summed E-state index contributed by atoms with van der Waals surface area (Å²) in [6, 6.07) is 0. The van der Waals surface area contributed by atoms with Gasteiger partial charge in [-0.3, -0.25) is 0 Å². The Morgan fingerprint density at radius 3 is 1.22 bits per heavy atom. The molecule has 109 valence electrons. The van der Waals surface area contributed by atoms with Crippen molar-refractivity contribution in [2.24, 2.45) is 5.41 Å². The highest BCUT2D eigenvalue weighted by molar-refractivity contribution is 7.80. The highest BCUT2D eigenvalue weighted by atomic mass is 32.1. The Bertz CT molecular complexity index is 157. The predicted molar refractivity (Wildman–Crippen MR) is 87.3 cm³/mol. The first-order valence-electron chi connectivity index (χ1n) is 8.14. The summed E-state index contributed by atoms with van der Waals surface area (Å²) in [7, 11) is 0. The van der Waals surface area contributed by atoms with E-state index in [-0.39, 0.29) is 0 Å². The summed E-state index contributed by atoms with van der Waals surface area (Å²) in [6.07, 6.45) is 16.9. The molecule has 1 heteroatoms. The van der Waals surface area contributed by atoms with E-state index in [0.717, 1.165) is 5.75 Å². The van der Waals surface area contributed by atoms with Gasteiger partial charge in [0.15, 0.2) is 0 Å². The maximum atomic E-state index is 4.94. The summed E-state index contributed by atoms with van der Waals surface area (Å²) < 4.78 is 0. The van der Waals surface area contributed by atoms with Crippen LogP contribution in [0, 0.1) is 5.41 Å². The fourth-order valence-corrected chi connectivity index (χ4v) is 2.55. The SMILES string of the molecule is CC(C)(C)CCCCCCCCCCCCC[S]. The summed E-state index contributed by atoms with van der Waals surface area (Å²) in [5.41, 5.74) is 0.533. The highest BCUT2D eigenvalue weighted by Gasteiger charge is 2.08. The standard InChI is InChI=1S/C17H35S/c1-17(2,3)15-13-11-9-7-5-4-6-8-10-12-14-16-18/h4-16H2,1-3H3. The third-order valence-corrected chi connectivity index (χ3v) is 3.86. The molecular weight excluding hydrogens is 236 g/mol. The average molecular weight is 272 g/mol. The van der Waals surface area contributed by atoms with Crippen molar-refractivity contribution >= 4 is 12.6 Å². The zero-order chi connectivity index (χ0) is 13.7. The van der Waals surface area contributed by atoms with E-state index in [1.54, 1.807) is 0 Å². The van der Waals surface area contributed by atoms with Crippen molar-refractivity contribution < 1.29 is 0 Å². The molecule has 0 saturated heterocycles. The van der Waals surface area contributed by atoms with Crippen molar-refractivity contribution in [2.75, 3.05) is 5.75 Å². The third kappa shape index (κ3) is 16.4. The lowest BCUT2D eigenvalue weighted by Crippen LogP contribution is -2.03. The van der Waals surface area contributed by atoms with E-state index < -0.39 is 0 Å². The maximum Gasteiger partial charge on any atom is 0.00369 e. The molecule has 0 aromatic rings. The van der Waals surface area contributed by atoms with Gasteiger partial charge < -0.3 is 0 Å². The topological polar surface area (TPSA) is 0 Å². The molecule has 0 unspecified atom stereocenters. The molecule has 0 aromatic carbocycles. The summed E-state index contributed by atoms with van der Waals surface area (Å²) in [4.78, 5) is 0. The molecule has 0 aromatic heterocycles. The van der Waals surface area contributed by atoms with Gasteiger partial charge in [-0.05, 0) is 18.3 Å². The Kier molecular flexibility index (Phi) is 12.6. The first kappa shape index (κ1) is 18.4. The number of rotatable bonds is 12. The van der Waals surface area contributed by atoms with Crippen LogP contribution in [0.3, 0.4) is 0 Å². The summed E-state index contributed by atoms with van der Waals surface area (Å²) in [6.45, 7) is 7.04. The van der Waals surface area contributed by atoms with Crippen molar-refractivity contribution in [3.63, 3.8) is 0 Å². The molecular formula is C17H35S. The lowest BCUT2D eigenvalue weighted by molar-refractivity contribution is 0.356. The molecule has 0 heterocycles. The van der Waals surface area contributed by atoms with Gasteiger partial charge in [-0.25, -0.2) is 0 Å². The third-order valence-electron chi connectivity index (χ3n) is 3.57. The molecule has 18 heavy (non-hydrogen) atoms. The minimum absolute atomic E-state index is 0.533. The van der Waals surface area contributed by atoms with Gasteiger partial charge >= 0.3 is 0 Å². The van der Waals surface area contributed by atoms with Crippen molar-refractivity contribution in [1.82, 2.24) is 0 Å². The molecule has 0 bridgehead atoms. The van der Waals surface area contributed by atoms with E-state index in [9.17, 15) is 0 Å². The normalized spacial score (nSPS) is 12.0. The number of hydrogen-bond donors (Lipinski definition) is 0. The Balaban J connectivity index is 2.99. The van der Waals surface area contributed by atoms with Crippen molar-refractivity contribution in [3.05, 3.63) is 0 Å². The van der Waals surface area contributed by atoms with Crippen LogP contribution < -0.4 is 0 Å². The zero-order valence-corrected chi connectivity index (χ0v) is 13.9. The van der Waals surface area contributed by atoms with Gasteiger partial charge in [0, 0.05) is 5.75 Å². The van der Waals surface area contributed by atoms with Crippen molar-refractivity contribution in [1.29, 1.82) is 0 Å². The molecule has 0 rings (SSSR count). The fourth-order valence-electron chi connectivity index (χ4n) is 2.35. The Morgan fingerprint density at radius 1 is 0.556 bits per heavy atom. The van der Waals surface area contributed by atoms with E-state index in [1.807, 2.05) is 0 Å². The molecule has 0 N–H and O–H groups in total. The van der Waals surface area contributed by atoms with Crippen LogP contribution in [0.1, 0.15) is 97.8 Å². The molecule has 1 radical (unpaired) electrons.